The number of carbonyl (C=O) groups is 2. The maximum absolute atomic E-state index is 12.6. The van der Waals surface area contributed by atoms with E-state index in [1.165, 1.54) is 22.5 Å². The summed E-state index contributed by atoms with van der Waals surface area (Å²) < 4.78 is 7.88. The van der Waals surface area contributed by atoms with Gasteiger partial charge < -0.3 is 9.30 Å². The van der Waals surface area contributed by atoms with Crippen LogP contribution in [0.3, 0.4) is 0 Å². The maximum atomic E-state index is 12.6. The third kappa shape index (κ3) is 5.21. The summed E-state index contributed by atoms with van der Waals surface area (Å²) in [6.07, 6.45) is 2.12. The molecule has 0 fully saturated rings. The van der Waals surface area contributed by atoms with E-state index in [0.717, 1.165) is 28.6 Å². The molecule has 0 aliphatic heterocycles. The van der Waals surface area contributed by atoms with E-state index < -0.39 is 0 Å². The van der Waals surface area contributed by atoms with Crippen molar-refractivity contribution in [2.24, 2.45) is 4.99 Å². The topological polar surface area (TPSA) is 60.7 Å². The fourth-order valence-electron chi connectivity index (χ4n) is 3.13. The van der Waals surface area contributed by atoms with Gasteiger partial charge >= 0.3 is 5.97 Å². The smallest absolute Gasteiger partial charge is 0.326 e. The Labute approximate surface area is 174 Å². The molecule has 3 aromatic rings. The van der Waals surface area contributed by atoms with E-state index in [4.69, 9.17) is 4.74 Å². The van der Waals surface area contributed by atoms with Crippen molar-refractivity contribution >= 4 is 33.4 Å². The van der Waals surface area contributed by atoms with Crippen LogP contribution < -0.4 is 4.80 Å². The highest BCUT2D eigenvalue weighted by Crippen LogP contribution is 2.20. The van der Waals surface area contributed by atoms with Crippen LogP contribution >= 0.6 is 11.3 Å². The van der Waals surface area contributed by atoms with Gasteiger partial charge in [0.1, 0.15) is 6.54 Å². The lowest BCUT2D eigenvalue weighted by molar-refractivity contribution is -0.143. The van der Waals surface area contributed by atoms with Crippen molar-refractivity contribution in [2.45, 2.75) is 46.6 Å². The molecule has 0 N–H and O–H groups in total. The molecule has 1 aromatic heterocycles. The Bertz CT molecular complexity index is 1080. The van der Waals surface area contributed by atoms with Crippen molar-refractivity contribution in [3.05, 3.63) is 64.0 Å². The van der Waals surface area contributed by atoms with Crippen molar-refractivity contribution < 1.29 is 14.3 Å². The van der Waals surface area contributed by atoms with Gasteiger partial charge in [0, 0.05) is 0 Å². The van der Waals surface area contributed by atoms with Gasteiger partial charge in [0.2, 0.25) is 0 Å². The zero-order chi connectivity index (χ0) is 20.8. The van der Waals surface area contributed by atoms with Gasteiger partial charge in [-0.3, -0.25) is 9.59 Å². The van der Waals surface area contributed by atoms with Gasteiger partial charge in [-0.15, -0.1) is 0 Å². The molecule has 0 saturated heterocycles. The summed E-state index contributed by atoms with van der Waals surface area (Å²) in [6.45, 7) is 6.33. The van der Waals surface area contributed by atoms with Crippen LogP contribution in [-0.4, -0.2) is 23.1 Å². The number of nitrogens with zero attached hydrogens (tertiary/aromatic N) is 2. The Balaban J connectivity index is 1.96. The fraction of sp³-hybridized carbons (Fsp3) is 0.348. The van der Waals surface area contributed by atoms with Crippen LogP contribution in [0.25, 0.3) is 10.2 Å². The minimum atomic E-state index is -0.337. The van der Waals surface area contributed by atoms with Crippen LogP contribution in [0, 0.1) is 0 Å². The van der Waals surface area contributed by atoms with E-state index in [1.54, 1.807) is 11.5 Å². The highest BCUT2D eigenvalue weighted by Gasteiger charge is 2.13. The van der Waals surface area contributed by atoms with Crippen LogP contribution in [0.15, 0.2) is 47.5 Å². The predicted molar refractivity (Wildman–Crippen MR) is 116 cm³/mol. The summed E-state index contributed by atoms with van der Waals surface area (Å²) in [6, 6.07) is 14.1. The number of hydrogen-bond acceptors (Lipinski definition) is 4. The van der Waals surface area contributed by atoms with Gasteiger partial charge in [0.25, 0.3) is 5.91 Å². The molecular formula is C23H26N2O3S. The average Bonchev–Trinajstić information content (AvgIpc) is 3.04. The van der Waals surface area contributed by atoms with Crippen molar-refractivity contribution in [2.75, 3.05) is 6.61 Å². The predicted octanol–water partition coefficient (Wildman–Crippen LogP) is 4.06. The molecule has 1 amide bonds. The Kier molecular flexibility index (Phi) is 6.99. The molecule has 1 heterocycles. The van der Waals surface area contributed by atoms with Crippen LogP contribution in [0.5, 0.6) is 0 Å². The molecule has 0 saturated carbocycles. The van der Waals surface area contributed by atoms with Gasteiger partial charge in [-0.1, -0.05) is 55.5 Å². The van der Waals surface area contributed by atoms with Gasteiger partial charge in [-0.25, -0.2) is 0 Å². The van der Waals surface area contributed by atoms with Crippen molar-refractivity contribution in [1.29, 1.82) is 0 Å². The number of carbonyl (C=O) groups excluding carboxylic acids is 2. The number of amides is 1. The lowest BCUT2D eigenvalue weighted by Gasteiger charge is -2.05. The molecule has 0 unspecified atom stereocenters. The second-order valence-corrected chi connectivity index (χ2v) is 7.79. The third-order valence-electron chi connectivity index (χ3n) is 4.75. The molecule has 0 bridgehead atoms. The van der Waals surface area contributed by atoms with Gasteiger partial charge in [0.05, 0.1) is 23.2 Å². The summed E-state index contributed by atoms with van der Waals surface area (Å²) in [5.41, 5.74) is 4.26. The molecule has 0 aliphatic rings. The van der Waals surface area contributed by atoms with E-state index in [2.05, 4.69) is 24.9 Å². The average molecular weight is 411 g/mol. The second-order valence-electron chi connectivity index (χ2n) is 6.78. The number of aryl methyl sites for hydroxylation is 2. The first-order chi connectivity index (χ1) is 14.0. The van der Waals surface area contributed by atoms with E-state index >= 15 is 0 Å². The Morgan fingerprint density at radius 1 is 0.966 bits per heavy atom. The minimum absolute atomic E-state index is 0.0383. The van der Waals surface area contributed by atoms with Crippen LogP contribution in [0.4, 0.5) is 0 Å². The minimum Gasteiger partial charge on any atom is -0.465 e. The van der Waals surface area contributed by atoms with Gasteiger partial charge in [0.15, 0.2) is 4.80 Å². The molecule has 5 nitrogen and oxygen atoms in total. The molecule has 2 aromatic carbocycles. The SMILES string of the molecule is CCOC(=O)Cn1c(=NC(=O)Cc2ccc(CC)cc2)sc2cc(CC)ccc21. The Morgan fingerprint density at radius 3 is 2.28 bits per heavy atom. The summed E-state index contributed by atoms with van der Waals surface area (Å²) >= 11 is 1.43. The van der Waals surface area contributed by atoms with Gasteiger partial charge in [-0.05, 0) is 48.6 Å². The van der Waals surface area contributed by atoms with Crippen LogP contribution in [0.2, 0.25) is 0 Å². The largest absolute Gasteiger partial charge is 0.465 e. The summed E-state index contributed by atoms with van der Waals surface area (Å²) in [5.74, 6) is -0.565. The molecule has 152 valence electrons. The van der Waals surface area contributed by atoms with Crippen molar-refractivity contribution in [3.8, 4) is 0 Å². The molecule has 29 heavy (non-hydrogen) atoms. The standard InChI is InChI=1S/C23H26N2O3S/c1-4-16-7-9-18(10-8-16)14-21(26)24-23-25(15-22(27)28-6-3)19-12-11-17(5-2)13-20(19)29-23/h7-13H,4-6,14-15H2,1-3H3. The normalized spacial score (nSPS) is 11.8. The lowest BCUT2D eigenvalue weighted by Crippen LogP contribution is -2.23. The van der Waals surface area contributed by atoms with Crippen molar-refractivity contribution in [3.63, 3.8) is 0 Å². The quantitative estimate of drug-likeness (QED) is 0.552. The van der Waals surface area contributed by atoms with Crippen LogP contribution in [-0.2, 0) is 40.1 Å². The lowest BCUT2D eigenvalue weighted by atomic mass is 10.1. The molecule has 3 rings (SSSR count). The number of aromatic nitrogens is 1. The molecule has 0 aliphatic carbocycles. The Morgan fingerprint density at radius 2 is 1.62 bits per heavy atom. The molecular weight excluding hydrogens is 384 g/mol. The third-order valence-corrected chi connectivity index (χ3v) is 5.80. The summed E-state index contributed by atoms with van der Waals surface area (Å²) in [4.78, 5) is 29.6. The summed E-state index contributed by atoms with van der Waals surface area (Å²) in [5, 5.41) is 0. The number of hydrogen-bond donors (Lipinski definition) is 0. The zero-order valence-corrected chi connectivity index (χ0v) is 17.9. The molecule has 6 heteroatoms. The first-order valence-electron chi connectivity index (χ1n) is 9.97. The first-order valence-corrected chi connectivity index (χ1v) is 10.8. The van der Waals surface area contributed by atoms with Gasteiger partial charge in [-0.2, -0.15) is 4.99 Å². The monoisotopic (exact) mass is 410 g/mol. The molecule has 0 radical (unpaired) electrons. The number of rotatable bonds is 7. The zero-order valence-electron chi connectivity index (χ0n) is 17.1. The maximum Gasteiger partial charge on any atom is 0.326 e. The highest BCUT2D eigenvalue weighted by atomic mass is 32.1. The number of thiazole rings is 1. The number of ether oxygens (including phenoxy) is 1. The van der Waals surface area contributed by atoms with E-state index in [9.17, 15) is 9.59 Å². The first kappa shape index (κ1) is 21.0. The highest BCUT2D eigenvalue weighted by molar-refractivity contribution is 7.16. The van der Waals surface area contributed by atoms with Crippen LogP contribution in [0.1, 0.15) is 37.5 Å². The number of esters is 1. The molecule has 0 atom stereocenters. The van der Waals surface area contributed by atoms with E-state index in [1.807, 2.05) is 36.4 Å². The van der Waals surface area contributed by atoms with E-state index in [-0.39, 0.29) is 24.8 Å². The van der Waals surface area contributed by atoms with E-state index in [0.29, 0.717) is 11.4 Å². The summed E-state index contributed by atoms with van der Waals surface area (Å²) in [7, 11) is 0. The molecule has 0 spiro atoms. The second kappa shape index (κ2) is 9.65. The number of benzene rings is 2. The Hall–Kier alpha value is -2.73. The fourth-order valence-corrected chi connectivity index (χ4v) is 4.24. The van der Waals surface area contributed by atoms with Crippen molar-refractivity contribution in [1.82, 2.24) is 4.57 Å². The number of fused-ring (bicyclic) bond motifs is 1.